The Kier molecular flexibility index (Phi) is 4.74. The van der Waals surface area contributed by atoms with E-state index in [1.807, 2.05) is 61.5 Å². The molecule has 0 radical (unpaired) electrons. The molecule has 0 bridgehead atoms. The highest BCUT2D eigenvalue weighted by Crippen LogP contribution is 2.27. The molecule has 2 aromatic carbocycles. The maximum atomic E-state index is 12.1. The van der Waals surface area contributed by atoms with Crippen LogP contribution in [0.1, 0.15) is 18.1 Å². The van der Waals surface area contributed by atoms with Crippen LogP contribution in [0.25, 0.3) is 11.1 Å². The number of hydrogen-bond donors (Lipinski definition) is 0. The molecule has 20 heavy (non-hydrogen) atoms. The number of halogens is 1. The summed E-state index contributed by atoms with van der Waals surface area (Å²) in [7, 11) is 1.40. The predicted octanol–water partition coefficient (Wildman–Crippen LogP) is 4.55. The van der Waals surface area contributed by atoms with Crippen LogP contribution < -0.4 is 0 Å². The Balaban J connectivity index is 2.57. The summed E-state index contributed by atoms with van der Waals surface area (Å²) in [5.41, 5.74) is 3.35. The number of carbonyl (C=O) groups is 1. The summed E-state index contributed by atoms with van der Waals surface area (Å²) in [4.78, 5) is 12.1. The van der Waals surface area contributed by atoms with Crippen LogP contribution in [0.3, 0.4) is 0 Å². The van der Waals surface area contributed by atoms with Gasteiger partial charge in [0.15, 0.2) is 0 Å². The van der Waals surface area contributed by atoms with Crippen molar-refractivity contribution in [1.29, 1.82) is 0 Å². The zero-order valence-corrected chi connectivity index (χ0v) is 13.0. The molecular formula is C17H15BrO2. The first kappa shape index (κ1) is 14.5. The number of hydrogen-bond acceptors (Lipinski definition) is 2. The van der Waals surface area contributed by atoms with Crippen LogP contribution in [0, 0.1) is 0 Å². The number of rotatable bonds is 3. The Morgan fingerprint density at radius 3 is 2.10 bits per heavy atom. The normalized spacial score (nSPS) is 11.8. The van der Waals surface area contributed by atoms with Crippen LogP contribution >= 0.6 is 15.9 Å². The summed E-state index contributed by atoms with van der Waals surface area (Å²) in [6.07, 6.45) is 0. The van der Waals surface area contributed by atoms with E-state index in [4.69, 9.17) is 4.74 Å². The molecule has 0 atom stereocenters. The fourth-order valence-electron chi connectivity index (χ4n) is 2.04. The van der Waals surface area contributed by atoms with Crippen LogP contribution in [0.5, 0.6) is 0 Å². The van der Waals surface area contributed by atoms with Gasteiger partial charge in [-0.1, -0.05) is 58.4 Å². The van der Waals surface area contributed by atoms with Gasteiger partial charge < -0.3 is 4.74 Å². The first-order valence-electron chi connectivity index (χ1n) is 6.24. The minimum atomic E-state index is -0.323. The lowest BCUT2D eigenvalue weighted by atomic mass is 9.96. The van der Waals surface area contributed by atoms with Gasteiger partial charge in [-0.3, -0.25) is 0 Å². The molecular weight excluding hydrogens is 316 g/mol. The lowest BCUT2D eigenvalue weighted by molar-refractivity contribution is -0.133. The van der Waals surface area contributed by atoms with Gasteiger partial charge in [0, 0.05) is 4.47 Å². The van der Waals surface area contributed by atoms with Gasteiger partial charge in [-0.05, 0) is 35.8 Å². The van der Waals surface area contributed by atoms with Gasteiger partial charge in [-0.25, -0.2) is 4.79 Å². The van der Waals surface area contributed by atoms with E-state index in [1.54, 1.807) is 0 Å². The molecule has 0 aliphatic rings. The van der Waals surface area contributed by atoms with E-state index in [-0.39, 0.29) is 5.97 Å². The zero-order chi connectivity index (χ0) is 14.5. The van der Waals surface area contributed by atoms with E-state index in [0.29, 0.717) is 5.57 Å². The van der Waals surface area contributed by atoms with Crippen molar-refractivity contribution in [1.82, 2.24) is 0 Å². The van der Waals surface area contributed by atoms with Gasteiger partial charge in [0.2, 0.25) is 0 Å². The molecule has 102 valence electrons. The van der Waals surface area contributed by atoms with Gasteiger partial charge in [0.05, 0.1) is 12.7 Å². The molecule has 0 N–H and O–H groups in total. The molecule has 3 heteroatoms. The van der Waals surface area contributed by atoms with Gasteiger partial charge in [-0.2, -0.15) is 0 Å². The van der Waals surface area contributed by atoms with Crippen LogP contribution in [0.15, 0.2) is 59.1 Å². The van der Waals surface area contributed by atoms with Crippen LogP contribution in [-0.4, -0.2) is 13.1 Å². The van der Waals surface area contributed by atoms with Crippen molar-refractivity contribution >= 4 is 33.0 Å². The topological polar surface area (TPSA) is 26.3 Å². The summed E-state index contributed by atoms with van der Waals surface area (Å²) in [6, 6.07) is 17.4. The standard InChI is InChI=1S/C17H15BrO2/c1-12(13-8-10-15(18)11-9-13)16(17(19)20-2)14-6-4-3-5-7-14/h3-11H,1-2H3/b16-12+. The van der Waals surface area contributed by atoms with Crippen molar-refractivity contribution < 1.29 is 9.53 Å². The number of benzene rings is 2. The Hall–Kier alpha value is -1.87. The average molecular weight is 331 g/mol. The molecule has 0 saturated heterocycles. The first-order valence-corrected chi connectivity index (χ1v) is 7.03. The molecule has 0 fully saturated rings. The third-order valence-corrected chi connectivity index (χ3v) is 3.63. The molecule has 2 rings (SSSR count). The largest absolute Gasteiger partial charge is 0.465 e. The van der Waals surface area contributed by atoms with Gasteiger partial charge in [-0.15, -0.1) is 0 Å². The number of ether oxygens (including phenoxy) is 1. The monoisotopic (exact) mass is 330 g/mol. The second-order valence-electron chi connectivity index (χ2n) is 4.36. The summed E-state index contributed by atoms with van der Waals surface area (Å²) < 4.78 is 5.93. The van der Waals surface area contributed by atoms with Crippen LogP contribution in [-0.2, 0) is 9.53 Å². The number of allylic oxidation sites excluding steroid dienone is 1. The summed E-state index contributed by atoms with van der Waals surface area (Å²) in [5, 5.41) is 0. The smallest absolute Gasteiger partial charge is 0.338 e. The lowest BCUT2D eigenvalue weighted by Gasteiger charge is -2.11. The van der Waals surface area contributed by atoms with Crippen molar-refractivity contribution in [2.45, 2.75) is 6.92 Å². The van der Waals surface area contributed by atoms with E-state index >= 15 is 0 Å². The zero-order valence-electron chi connectivity index (χ0n) is 11.4. The van der Waals surface area contributed by atoms with Crippen molar-refractivity contribution in [3.05, 3.63) is 70.2 Å². The van der Waals surface area contributed by atoms with Crippen LogP contribution in [0.4, 0.5) is 0 Å². The molecule has 0 amide bonds. The van der Waals surface area contributed by atoms with E-state index in [1.165, 1.54) is 7.11 Å². The van der Waals surface area contributed by atoms with Gasteiger partial charge in [0.1, 0.15) is 0 Å². The number of methoxy groups -OCH3 is 1. The second kappa shape index (κ2) is 6.53. The minimum Gasteiger partial charge on any atom is -0.465 e. The number of carbonyl (C=O) groups excluding carboxylic acids is 1. The van der Waals surface area contributed by atoms with Crippen molar-refractivity contribution in [2.75, 3.05) is 7.11 Å². The Bertz CT molecular complexity index is 628. The SMILES string of the molecule is COC(=O)/C(=C(\C)c1ccc(Br)cc1)c1ccccc1. The fourth-order valence-corrected chi connectivity index (χ4v) is 2.30. The second-order valence-corrected chi connectivity index (χ2v) is 5.28. The van der Waals surface area contributed by atoms with Gasteiger partial charge in [0.25, 0.3) is 0 Å². The predicted molar refractivity (Wildman–Crippen MR) is 85.1 cm³/mol. The Morgan fingerprint density at radius 2 is 1.55 bits per heavy atom. The minimum absolute atomic E-state index is 0.323. The van der Waals surface area contributed by atoms with Crippen molar-refractivity contribution in [2.24, 2.45) is 0 Å². The Morgan fingerprint density at radius 1 is 0.950 bits per heavy atom. The quantitative estimate of drug-likeness (QED) is 0.468. The summed E-state index contributed by atoms with van der Waals surface area (Å²) >= 11 is 3.41. The van der Waals surface area contributed by atoms with Crippen LogP contribution in [0.2, 0.25) is 0 Å². The highest BCUT2D eigenvalue weighted by atomic mass is 79.9. The average Bonchev–Trinajstić information content (AvgIpc) is 2.49. The molecule has 2 nitrogen and oxygen atoms in total. The maximum Gasteiger partial charge on any atom is 0.338 e. The highest BCUT2D eigenvalue weighted by molar-refractivity contribution is 9.10. The molecule has 0 aliphatic heterocycles. The highest BCUT2D eigenvalue weighted by Gasteiger charge is 2.16. The maximum absolute atomic E-state index is 12.1. The fraction of sp³-hybridized carbons (Fsp3) is 0.118. The third kappa shape index (κ3) is 3.17. The molecule has 0 aromatic heterocycles. The van der Waals surface area contributed by atoms with E-state index in [0.717, 1.165) is 21.2 Å². The van der Waals surface area contributed by atoms with E-state index in [9.17, 15) is 4.79 Å². The molecule has 0 saturated carbocycles. The molecule has 0 unspecified atom stereocenters. The molecule has 0 spiro atoms. The number of esters is 1. The molecule has 0 aliphatic carbocycles. The summed E-state index contributed by atoms with van der Waals surface area (Å²) in [5.74, 6) is -0.323. The van der Waals surface area contributed by atoms with E-state index < -0.39 is 0 Å². The van der Waals surface area contributed by atoms with Gasteiger partial charge >= 0.3 is 5.97 Å². The molecule has 0 heterocycles. The third-order valence-electron chi connectivity index (χ3n) is 3.10. The Labute approximate surface area is 127 Å². The summed E-state index contributed by atoms with van der Waals surface area (Å²) in [6.45, 7) is 1.93. The van der Waals surface area contributed by atoms with Crippen molar-refractivity contribution in [3.8, 4) is 0 Å². The molecule has 2 aromatic rings. The van der Waals surface area contributed by atoms with Crippen molar-refractivity contribution in [3.63, 3.8) is 0 Å². The van der Waals surface area contributed by atoms with E-state index in [2.05, 4.69) is 15.9 Å². The first-order chi connectivity index (χ1) is 9.63. The lowest BCUT2D eigenvalue weighted by Crippen LogP contribution is -2.06.